The van der Waals surface area contributed by atoms with E-state index in [9.17, 15) is 4.39 Å². The topological polar surface area (TPSA) is 34.1 Å². The van der Waals surface area contributed by atoms with Gasteiger partial charge in [-0.3, -0.25) is 4.98 Å². The Bertz CT molecular complexity index is 502. The minimum absolute atomic E-state index is 0.0118. The molecule has 0 amide bonds. The summed E-state index contributed by atoms with van der Waals surface area (Å²) in [6.45, 7) is 2.70. The Morgan fingerprint density at radius 1 is 1.50 bits per heavy atom. The Balaban J connectivity index is 2.08. The van der Waals surface area contributed by atoms with Crippen LogP contribution in [0.4, 0.5) is 4.39 Å². The Morgan fingerprint density at radius 2 is 2.33 bits per heavy atom. The number of thiazole rings is 1. The van der Waals surface area contributed by atoms with Crippen LogP contribution in [0, 0.1) is 5.82 Å². The van der Waals surface area contributed by atoms with E-state index in [0.29, 0.717) is 12.3 Å². The second-order valence-corrected chi connectivity index (χ2v) is 4.93. The molecule has 0 spiro atoms. The van der Waals surface area contributed by atoms with Crippen molar-refractivity contribution in [1.29, 1.82) is 0 Å². The Labute approximate surface area is 110 Å². The SMILES string of the molecule is COc1ccc(F)cc1C(C)NCc1cncs1. The number of halogens is 1. The van der Waals surface area contributed by atoms with Crippen LogP contribution >= 0.6 is 11.3 Å². The van der Waals surface area contributed by atoms with Gasteiger partial charge in [0.05, 0.1) is 12.6 Å². The highest BCUT2D eigenvalue weighted by atomic mass is 32.1. The molecule has 0 aliphatic heterocycles. The molecule has 1 aromatic carbocycles. The van der Waals surface area contributed by atoms with Crippen LogP contribution in [-0.2, 0) is 6.54 Å². The lowest BCUT2D eigenvalue weighted by atomic mass is 10.1. The van der Waals surface area contributed by atoms with Gasteiger partial charge < -0.3 is 10.1 Å². The van der Waals surface area contributed by atoms with Gasteiger partial charge in [-0.25, -0.2) is 4.39 Å². The van der Waals surface area contributed by atoms with Crippen LogP contribution in [0.2, 0.25) is 0 Å². The van der Waals surface area contributed by atoms with Gasteiger partial charge in [0.15, 0.2) is 0 Å². The third-order valence-corrected chi connectivity index (χ3v) is 3.50. The number of methoxy groups -OCH3 is 1. The molecule has 18 heavy (non-hydrogen) atoms. The average molecular weight is 266 g/mol. The zero-order valence-corrected chi connectivity index (χ0v) is 11.1. The highest BCUT2D eigenvalue weighted by Gasteiger charge is 2.12. The number of ether oxygens (including phenoxy) is 1. The van der Waals surface area contributed by atoms with Gasteiger partial charge >= 0.3 is 0 Å². The van der Waals surface area contributed by atoms with Crippen LogP contribution in [-0.4, -0.2) is 12.1 Å². The number of hydrogen-bond acceptors (Lipinski definition) is 4. The fraction of sp³-hybridized carbons (Fsp3) is 0.308. The molecule has 2 rings (SSSR count). The molecule has 1 unspecified atom stereocenters. The van der Waals surface area contributed by atoms with Crippen LogP contribution < -0.4 is 10.1 Å². The summed E-state index contributed by atoms with van der Waals surface area (Å²) in [5, 5.41) is 3.33. The summed E-state index contributed by atoms with van der Waals surface area (Å²) >= 11 is 1.59. The molecule has 0 fully saturated rings. The van der Waals surface area contributed by atoms with E-state index >= 15 is 0 Å². The summed E-state index contributed by atoms with van der Waals surface area (Å²) in [7, 11) is 1.59. The van der Waals surface area contributed by atoms with Crippen molar-refractivity contribution in [2.24, 2.45) is 0 Å². The summed E-state index contributed by atoms with van der Waals surface area (Å²) in [6.07, 6.45) is 1.83. The summed E-state index contributed by atoms with van der Waals surface area (Å²) < 4.78 is 18.5. The van der Waals surface area contributed by atoms with Crippen molar-refractivity contribution in [3.05, 3.63) is 46.2 Å². The van der Waals surface area contributed by atoms with Crippen LogP contribution in [0.25, 0.3) is 0 Å². The lowest BCUT2D eigenvalue weighted by molar-refractivity contribution is 0.400. The smallest absolute Gasteiger partial charge is 0.123 e. The molecule has 3 nitrogen and oxygen atoms in total. The maximum absolute atomic E-state index is 13.3. The first kappa shape index (κ1) is 13.0. The fourth-order valence-corrected chi connectivity index (χ4v) is 2.28. The van der Waals surface area contributed by atoms with Gasteiger partial charge in [0, 0.05) is 29.2 Å². The molecule has 96 valence electrons. The molecule has 0 saturated heterocycles. The Morgan fingerprint density at radius 3 is 3.00 bits per heavy atom. The molecular weight excluding hydrogens is 251 g/mol. The van der Waals surface area contributed by atoms with E-state index in [0.717, 1.165) is 10.4 Å². The monoisotopic (exact) mass is 266 g/mol. The van der Waals surface area contributed by atoms with Gasteiger partial charge in [-0.2, -0.15) is 0 Å². The van der Waals surface area contributed by atoms with Crippen LogP contribution in [0.3, 0.4) is 0 Å². The zero-order chi connectivity index (χ0) is 13.0. The Hall–Kier alpha value is -1.46. The van der Waals surface area contributed by atoms with E-state index in [1.807, 2.05) is 13.1 Å². The van der Waals surface area contributed by atoms with Gasteiger partial charge in [0.1, 0.15) is 11.6 Å². The van der Waals surface area contributed by atoms with Crippen molar-refractivity contribution in [3.8, 4) is 5.75 Å². The minimum atomic E-state index is -0.253. The van der Waals surface area contributed by atoms with Crippen molar-refractivity contribution in [1.82, 2.24) is 10.3 Å². The molecule has 1 heterocycles. The molecule has 0 saturated carbocycles. The highest BCUT2D eigenvalue weighted by molar-refractivity contribution is 7.09. The summed E-state index contributed by atoms with van der Waals surface area (Å²) in [6, 6.07) is 4.56. The van der Waals surface area contributed by atoms with E-state index in [1.54, 1.807) is 30.0 Å². The van der Waals surface area contributed by atoms with E-state index in [1.165, 1.54) is 12.1 Å². The van der Waals surface area contributed by atoms with Gasteiger partial charge in [0.2, 0.25) is 0 Å². The van der Waals surface area contributed by atoms with E-state index in [4.69, 9.17) is 4.74 Å². The molecule has 0 aliphatic rings. The van der Waals surface area contributed by atoms with Crippen molar-refractivity contribution < 1.29 is 9.13 Å². The molecule has 0 aliphatic carbocycles. The number of benzene rings is 1. The first-order chi connectivity index (χ1) is 8.70. The average Bonchev–Trinajstić information content (AvgIpc) is 2.89. The molecule has 2 aromatic rings. The maximum atomic E-state index is 13.3. The lowest BCUT2D eigenvalue weighted by Crippen LogP contribution is -2.18. The molecular formula is C13H15FN2OS. The third-order valence-electron chi connectivity index (χ3n) is 2.72. The van der Waals surface area contributed by atoms with E-state index in [2.05, 4.69) is 10.3 Å². The van der Waals surface area contributed by atoms with Gasteiger partial charge in [0.25, 0.3) is 0 Å². The first-order valence-electron chi connectivity index (χ1n) is 5.65. The predicted octanol–water partition coefficient (Wildman–Crippen LogP) is 3.14. The predicted molar refractivity (Wildman–Crippen MR) is 70.3 cm³/mol. The molecule has 1 atom stereocenters. The second kappa shape index (κ2) is 5.93. The molecule has 5 heteroatoms. The summed E-state index contributed by atoms with van der Waals surface area (Å²) in [5.41, 5.74) is 2.62. The third kappa shape index (κ3) is 3.05. The number of nitrogens with one attached hydrogen (secondary N) is 1. The van der Waals surface area contributed by atoms with Crippen molar-refractivity contribution >= 4 is 11.3 Å². The minimum Gasteiger partial charge on any atom is -0.496 e. The first-order valence-corrected chi connectivity index (χ1v) is 6.53. The van der Waals surface area contributed by atoms with Crippen LogP contribution in [0.1, 0.15) is 23.4 Å². The van der Waals surface area contributed by atoms with Crippen LogP contribution in [0.5, 0.6) is 5.75 Å². The standard InChI is InChI=1S/C13H15FN2OS/c1-9(16-7-11-6-15-8-18-11)12-5-10(14)3-4-13(12)17-2/h3-6,8-9,16H,7H2,1-2H3. The maximum Gasteiger partial charge on any atom is 0.123 e. The fourth-order valence-electron chi connectivity index (χ4n) is 1.74. The van der Waals surface area contributed by atoms with Gasteiger partial charge in [-0.15, -0.1) is 11.3 Å². The number of aromatic nitrogens is 1. The molecule has 0 radical (unpaired) electrons. The number of nitrogens with zero attached hydrogens (tertiary/aromatic N) is 1. The van der Waals surface area contributed by atoms with Gasteiger partial charge in [-0.05, 0) is 25.1 Å². The van der Waals surface area contributed by atoms with Crippen molar-refractivity contribution in [2.75, 3.05) is 7.11 Å². The second-order valence-electron chi connectivity index (χ2n) is 3.96. The zero-order valence-electron chi connectivity index (χ0n) is 10.3. The highest BCUT2D eigenvalue weighted by Crippen LogP contribution is 2.26. The molecule has 0 bridgehead atoms. The van der Waals surface area contributed by atoms with Gasteiger partial charge in [-0.1, -0.05) is 0 Å². The normalized spacial score (nSPS) is 12.4. The van der Waals surface area contributed by atoms with E-state index < -0.39 is 0 Å². The van der Waals surface area contributed by atoms with E-state index in [-0.39, 0.29) is 11.9 Å². The largest absolute Gasteiger partial charge is 0.496 e. The lowest BCUT2D eigenvalue weighted by Gasteiger charge is -2.16. The summed E-state index contributed by atoms with van der Waals surface area (Å²) in [5.74, 6) is 0.443. The number of hydrogen-bond donors (Lipinski definition) is 1. The molecule has 1 N–H and O–H groups in total. The van der Waals surface area contributed by atoms with Crippen LogP contribution in [0.15, 0.2) is 29.9 Å². The summed E-state index contributed by atoms with van der Waals surface area (Å²) in [4.78, 5) is 5.16. The number of rotatable bonds is 5. The van der Waals surface area contributed by atoms with Crippen molar-refractivity contribution in [3.63, 3.8) is 0 Å². The Kier molecular flexibility index (Phi) is 4.28. The quantitative estimate of drug-likeness (QED) is 0.902. The van der Waals surface area contributed by atoms with Crippen molar-refractivity contribution in [2.45, 2.75) is 19.5 Å². The molecule has 1 aromatic heterocycles.